The number of ether oxygens (including phenoxy) is 1. The summed E-state index contributed by atoms with van der Waals surface area (Å²) in [6, 6.07) is 3.06. The standard InChI is InChI=1S/C14H15F2N3O3/c1-4-14(15,16)22-10-6-5-8(7-9(10)17)19-11(20)13(2,3)18-12(19)21/h4-7H,1,17H2,2-3H3,(H,18,21). The smallest absolute Gasteiger partial charge is 0.419 e. The van der Waals surface area contributed by atoms with Crippen LogP contribution in [0.25, 0.3) is 0 Å². The van der Waals surface area contributed by atoms with Crippen LogP contribution in [0.3, 0.4) is 0 Å². The molecule has 118 valence electrons. The van der Waals surface area contributed by atoms with E-state index in [9.17, 15) is 18.4 Å². The molecule has 0 aromatic heterocycles. The Bertz CT molecular complexity index is 659. The van der Waals surface area contributed by atoms with E-state index < -0.39 is 23.6 Å². The van der Waals surface area contributed by atoms with E-state index in [4.69, 9.17) is 5.73 Å². The number of benzene rings is 1. The molecule has 2 rings (SSSR count). The number of nitrogens with two attached hydrogens (primary N) is 1. The summed E-state index contributed by atoms with van der Waals surface area (Å²) in [4.78, 5) is 24.9. The second-order valence-electron chi connectivity index (χ2n) is 5.29. The highest BCUT2D eigenvalue weighted by molar-refractivity contribution is 6.23. The van der Waals surface area contributed by atoms with Gasteiger partial charge in [-0.2, -0.15) is 8.78 Å². The Balaban J connectivity index is 2.32. The average molecular weight is 311 g/mol. The highest BCUT2D eigenvalue weighted by Gasteiger charge is 2.45. The molecule has 1 aliphatic heterocycles. The number of alkyl halides is 2. The predicted octanol–water partition coefficient (Wildman–Crippen LogP) is 2.26. The molecule has 0 unspecified atom stereocenters. The van der Waals surface area contributed by atoms with Crippen LogP contribution >= 0.6 is 0 Å². The number of hydrogen-bond donors (Lipinski definition) is 2. The number of carbonyl (C=O) groups is 2. The molecular formula is C14H15F2N3O3. The van der Waals surface area contributed by atoms with Gasteiger partial charge in [0.05, 0.1) is 11.4 Å². The number of carbonyl (C=O) groups excluding carboxylic acids is 2. The molecule has 1 aromatic carbocycles. The Hall–Kier alpha value is -2.64. The van der Waals surface area contributed by atoms with Crippen molar-refractivity contribution in [1.29, 1.82) is 0 Å². The molecule has 3 N–H and O–H groups in total. The van der Waals surface area contributed by atoms with Crippen LogP contribution in [0.5, 0.6) is 5.75 Å². The van der Waals surface area contributed by atoms with E-state index >= 15 is 0 Å². The molecule has 1 aliphatic rings. The van der Waals surface area contributed by atoms with Crippen molar-refractivity contribution in [3.8, 4) is 5.75 Å². The molecule has 1 heterocycles. The van der Waals surface area contributed by atoms with E-state index in [1.54, 1.807) is 13.8 Å². The Labute approximate surface area is 125 Å². The second kappa shape index (κ2) is 4.97. The number of nitrogen functional groups attached to an aromatic ring is 1. The zero-order chi connectivity index (χ0) is 16.7. The van der Waals surface area contributed by atoms with Crippen molar-refractivity contribution >= 4 is 23.3 Å². The highest BCUT2D eigenvalue weighted by Crippen LogP contribution is 2.33. The number of urea groups is 1. The monoisotopic (exact) mass is 311 g/mol. The topological polar surface area (TPSA) is 84.7 Å². The van der Waals surface area contributed by atoms with Crippen molar-refractivity contribution in [2.45, 2.75) is 25.5 Å². The van der Waals surface area contributed by atoms with Crippen molar-refractivity contribution in [1.82, 2.24) is 5.32 Å². The molecule has 1 fully saturated rings. The number of hydrogen-bond acceptors (Lipinski definition) is 4. The fourth-order valence-electron chi connectivity index (χ4n) is 1.94. The molecular weight excluding hydrogens is 296 g/mol. The SMILES string of the molecule is C=CC(F)(F)Oc1ccc(N2C(=O)NC(C)(C)C2=O)cc1N. The van der Waals surface area contributed by atoms with Gasteiger partial charge in [0.1, 0.15) is 11.3 Å². The quantitative estimate of drug-likeness (QED) is 0.507. The van der Waals surface area contributed by atoms with Gasteiger partial charge in [0.15, 0.2) is 0 Å². The molecule has 0 saturated carbocycles. The number of amides is 3. The molecule has 6 nitrogen and oxygen atoms in total. The summed E-state index contributed by atoms with van der Waals surface area (Å²) in [5, 5.41) is 2.51. The van der Waals surface area contributed by atoms with Crippen molar-refractivity contribution in [2.75, 3.05) is 10.6 Å². The Morgan fingerprint density at radius 2 is 2.05 bits per heavy atom. The third-order valence-corrected chi connectivity index (χ3v) is 3.10. The molecule has 1 saturated heterocycles. The number of imide groups is 1. The normalized spacial score (nSPS) is 17.4. The van der Waals surface area contributed by atoms with Gasteiger partial charge >= 0.3 is 12.1 Å². The lowest BCUT2D eigenvalue weighted by atomic mass is 10.1. The van der Waals surface area contributed by atoms with Crippen molar-refractivity contribution in [3.63, 3.8) is 0 Å². The minimum Gasteiger partial charge on any atom is -0.427 e. The van der Waals surface area contributed by atoms with Crippen LogP contribution in [0.1, 0.15) is 13.8 Å². The fraction of sp³-hybridized carbons (Fsp3) is 0.286. The molecule has 0 aliphatic carbocycles. The van der Waals surface area contributed by atoms with Crippen molar-refractivity contribution < 1.29 is 23.1 Å². The predicted molar refractivity (Wildman–Crippen MR) is 76.7 cm³/mol. The number of nitrogens with one attached hydrogen (secondary N) is 1. The molecule has 3 amide bonds. The largest absolute Gasteiger partial charge is 0.427 e. The van der Waals surface area contributed by atoms with Gasteiger partial charge in [-0.1, -0.05) is 6.58 Å². The summed E-state index contributed by atoms with van der Waals surface area (Å²) in [5.74, 6) is -0.748. The van der Waals surface area contributed by atoms with E-state index in [1.165, 1.54) is 12.1 Å². The van der Waals surface area contributed by atoms with Gasteiger partial charge in [0.2, 0.25) is 0 Å². The first-order valence-electron chi connectivity index (χ1n) is 6.34. The van der Waals surface area contributed by atoms with Crippen molar-refractivity contribution in [2.24, 2.45) is 0 Å². The molecule has 0 spiro atoms. The van der Waals surface area contributed by atoms with Gasteiger partial charge in [-0.15, -0.1) is 0 Å². The molecule has 0 atom stereocenters. The average Bonchev–Trinajstić information content (AvgIpc) is 2.61. The third-order valence-electron chi connectivity index (χ3n) is 3.10. The zero-order valence-electron chi connectivity index (χ0n) is 12.0. The lowest BCUT2D eigenvalue weighted by Gasteiger charge is -2.19. The van der Waals surface area contributed by atoms with E-state index in [0.717, 1.165) is 11.0 Å². The van der Waals surface area contributed by atoms with Crippen molar-refractivity contribution in [3.05, 3.63) is 30.9 Å². The van der Waals surface area contributed by atoms with E-state index in [1.807, 2.05) is 0 Å². The van der Waals surface area contributed by atoms with Gasteiger partial charge in [-0.05, 0) is 32.0 Å². The van der Waals surface area contributed by atoms with Gasteiger partial charge in [0, 0.05) is 6.08 Å². The maximum Gasteiger partial charge on any atom is 0.419 e. The van der Waals surface area contributed by atoms with E-state index in [2.05, 4.69) is 16.6 Å². The summed E-state index contributed by atoms with van der Waals surface area (Å²) >= 11 is 0. The van der Waals surface area contributed by atoms with Gasteiger partial charge < -0.3 is 15.8 Å². The Morgan fingerprint density at radius 3 is 2.50 bits per heavy atom. The third kappa shape index (κ3) is 2.72. The van der Waals surface area contributed by atoms with Crippen LogP contribution in [0.4, 0.5) is 25.0 Å². The van der Waals surface area contributed by atoms with E-state index in [0.29, 0.717) is 6.08 Å². The lowest BCUT2D eigenvalue weighted by molar-refractivity contribution is -0.131. The van der Waals surface area contributed by atoms with Crippen LogP contribution in [-0.2, 0) is 4.79 Å². The number of nitrogens with zero attached hydrogens (tertiary/aromatic N) is 1. The number of rotatable bonds is 4. The first-order chi connectivity index (χ1) is 10.1. The molecule has 0 radical (unpaired) electrons. The minimum atomic E-state index is -3.57. The summed E-state index contributed by atoms with van der Waals surface area (Å²) in [7, 11) is 0. The fourth-order valence-corrected chi connectivity index (χ4v) is 1.94. The molecule has 0 bridgehead atoms. The first-order valence-corrected chi connectivity index (χ1v) is 6.34. The summed E-state index contributed by atoms with van der Waals surface area (Å²) in [5.41, 5.74) is 4.63. The van der Waals surface area contributed by atoms with E-state index in [-0.39, 0.29) is 17.1 Å². The van der Waals surface area contributed by atoms with Gasteiger partial charge in [-0.25, -0.2) is 9.69 Å². The zero-order valence-corrected chi connectivity index (χ0v) is 12.0. The number of halogens is 2. The highest BCUT2D eigenvalue weighted by atomic mass is 19.3. The summed E-state index contributed by atoms with van der Waals surface area (Å²) in [6.07, 6.45) is -3.24. The molecule has 22 heavy (non-hydrogen) atoms. The summed E-state index contributed by atoms with van der Waals surface area (Å²) in [6.45, 7) is 6.06. The first kappa shape index (κ1) is 15.7. The maximum absolute atomic E-state index is 13.1. The second-order valence-corrected chi connectivity index (χ2v) is 5.29. The summed E-state index contributed by atoms with van der Waals surface area (Å²) < 4.78 is 30.7. The lowest BCUT2D eigenvalue weighted by Crippen LogP contribution is -2.40. The van der Waals surface area contributed by atoms with Crippen LogP contribution in [-0.4, -0.2) is 23.6 Å². The Morgan fingerprint density at radius 1 is 1.41 bits per heavy atom. The van der Waals surface area contributed by atoms with Gasteiger partial charge in [-0.3, -0.25) is 4.79 Å². The maximum atomic E-state index is 13.1. The van der Waals surface area contributed by atoms with Crippen LogP contribution in [0.2, 0.25) is 0 Å². The Kier molecular flexibility index (Phi) is 3.56. The molecule has 1 aromatic rings. The molecule has 8 heteroatoms. The van der Waals surface area contributed by atoms with Crippen LogP contribution in [0.15, 0.2) is 30.9 Å². The van der Waals surface area contributed by atoms with Gasteiger partial charge in [0.25, 0.3) is 5.91 Å². The van der Waals surface area contributed by atoms with Crippen LogP contribution < -0.4 is 20.7 Å². The van der Waals surface area contributed by atoms with Crippen LogP contribution in [0, 0.1) is 0 Å². The minimum absolute atomic E-state index is 0.135. The number of anilines is 2.